The second kappa shape index (κ2) is 5.45. The molecule has 1 aromatic heterocycles. The average molecular weight is 312 g/mol. The number of Topliss-reactive ketones (excluding diaryl/α,β-unsaturated/α-hetero) is 1. The average Bonchev–Trinajstić information content (AvgIpc) is 2.97. The summed E-state index contributed by atoms with van der Waals surface area (Å²) in [6.07, 6.45) is 1.19. The number of nitro benzene ring substituents is 1. The summed E-state index contributed by atoms with van der Waals surface area (Å²) in [7, 11) is 0. The number of carbonyl (C=O) groups is 1. The first-order valence-electron chi connectivity index (χ1n) is 6.76. The second-order valence-corrected chi connectivity index (χ2v) is 5.04. The third-order valence-corrected chi connectivity index (χ3v) is 3.63. The highest BCUT2D eigenvalue weighted by Gasteiger charge is 2.21. The third kappa shape index (κ3) is 2.48. The molecule has 0 unspecified atom stereocenters. The van der Waals surface area contributed by atoms with E-state index in [1.54, 1.807) is 6.07 Å². The molecule has 23 heavy (non-hydrogen) atoms. The fourth-order valence-electron chi connectivity index (χ4n) is 2.54. The lowest BCUT2D eigenvalue weighted by molar-refractivity contribution is -0.385. The van der Waals surface area contributed by atoms with Gasteiger partial charge < -0.3 is 15.2 Å². The van der Waals surface area contributed by atoms with Crippen LogP contribution in [0.2, 0.25) is 0 Å². The summed E-state index contributed by atoms with van der Waals surface area (Å²) in [6, 6.07) is 8.59. The Kier molecular flexibility index (Phi) is 3.46. The quantitative estimate of drug-likeness (QED) is 0.296. The molecule has 0 saturated heterocycles. The number of para-hydroxylation sites is 1. The van der Waals surface area contributed by atoms with Crippen molar-refractivity contribution in [2.75, 3.05) is 0 Å². The van der Waals surface area contributed by atoms with Gasteiger partial charge in [0, 0.05) is 29.8 Å². The van der Waals surface area contributed by atoms with Crippen LogP contribution in [0.15, 0.2) is 42.6 Å². The van der Waals surface area contributed by atoms with Crippen LogP contribution in [-0.4, -0.2) is 25.9 Å². The molecule has 7 nitrogen and oxygen atoms in total. The number of phenolic OH excluding ortho intramolecular Hbond substituents is 2. The number of aromatic amines is 1. The molecule has 0 spiro atoms. The molecule has 0 aliphatic heterocycles. The number of nitro groups is 1. The topological polar surface area (TPSA) is 116 Å². The number of phenols is 2. The highest BCUT2D eigenvalue weighted by atomic mass is 16.6. The molecule has 3 rings (SSSR count). The van der Waals surface area contributed by atoms with Gasteiger partial charge in [-0.15, -0.1) is 0 Å². The number of hydrogen-bond donors (Lipinski definition) is 3. The Bertz CT molecular complexity index is 929. The van der Waals surface area contributed by atoms with Gasteiger partial charge in [0.1, 0.15) is 11.5 Å². The maximum Gasteiger partial charge on any atom is 0.273 e. The Morgan fingerprint density at radius 3 is 2.57 bits per heavy atom. The summed E-state index contributed by atoms with van der Waals surface area (Å²) < 4.78 is 0. The minimum absolute atomic E-state index is 0.0949. The number of nitrogens with zero attached hydrogens (tertiary/aromatic N) is 1. The van der Waals surface area contributed by atoms with E-state index in [4.69, 9.17) is 0 Å². The van der Waals surface area contributed by atoms with Crippen molar-refractivity contribution in [3.8, 4) is 11.5 Å². The number of carbonyl (C=O) groups excluding carboxylic acids is 1. The normalized spacial score (nSPS) is 10.8. The second-order valence-electron chi connectivity index (χ2n) is 5.04. The van der Waals surface area contributed by atoms with Crippen molar-refractivity contribution < 1.29 is 19.9 Å². The van der Waals surface area contributed by atoms with Crippen LogP contribution in [0.25, 0.3) is 10.9 Å². The van der Waals surface area contributed by atoms with Crippen LogP contribution >= 0.6 is 0 Å². The van der Waals surface area contributed by atoms with E-state index in [-0.39, 0.29) is 45.6 Å². The van der Waals surface area contributed by atoms with Gasteiger partial charge in [0.15, 0.2) is 5.78 Å². The molecule has 116 valence electrons. The van der Waals surface area contributed by atoms with E-state index < -0.39 is 10.7 Å². The summed E-state index contributed by atoms with van der Waals surface area (Å²) in [4.78, 5) is 25.7. The fraction of sp³-hybridized carbons (Fsp3) is 0.0625. The Morgan fingerprint density at radius 1 is 1.13 bits per heavy atom. The van der Waals surface area contributed by atoms with Gasteiger partial charge in [0.25, 0.3) is 5.69 Å². The fourth-order valence-corrected chi connectivity index (χ4v) is 2.54. The zero-order chi connectivity index (χ0) is 16.6. The monoisotopic (exact) mass is 312 g/mol. The number of nitrogens with one attached hydrogen (secondary N) is 1. The molecule has 0 saturated carbocycles. The van der Waals surface area contributed by atoms with Crippen molar-refractivity contribution in [1.29, 1.82) is 0 Å². The number of rotatable bonds is 4. The molecule has 3 N–H and O–H groups in total. The van der Waals surface area contributed by atoms with Crippen LogP contribution in [0.1, 0.15) is 15.9 Å². The van der Waals surface area contributed by atoms with Gasteiger partial charge in [-0.3, -0.25) is 14.9 Å². The van der Waals surface area contributed by atoms with Crippen molar-refractivity contribution >= 4 is 22.4 Å². The SMILES string of the molecule is O=C(Cc1ccccc1[N+](=O)[O-])c1c[nH]c2c(O)ccc(O)c12. The summed E-state index contributed by atoms with van der Waals surface area (Å²) in [5, 5.41) is 30.9. The lowest BCUT2D eigenvalue weighted by Crippen LogP contribution is -2.05. The van der Waals surface area contributed by atoms with Crippen molar-refractivity contribution in [1.82, 2.24) is 4.98 Å². The van der Waals surface area contributed by atoms with E-state index in [1.807, 2.05) is 0 Å². The Hall–Kier alpha value is -3.35. The van der Waals surface area contributed by atoms with Crippen molar-refractivity contribution in [2.24, 2.45) is 0 Å². The first-order valence-corrected chi connectivity index (χ1v) is 6.76. The van der Waals surface area contributed by atoms with Gasteiger partial charge >= 0.3 is 0 Å². The molecule has 0 fully saturated rings. The molecule has 0 bridgehead atoms. The van der Waals surface area contributed by atoms with Crippen molar-refractivity contribution in [3.05, 3.63) is 63.8 Å². The largest absolute Gasteiger partial charge is 0.507 e. The predicted octanol–water partition coefficient (Wildman–Crippen LogP) is 2.91. The van der Waals surface area contributed by atoms with Crippen LogP contribution in [0.4, 0.5) is 5.69 Å². The Morgan fingerprint density at radius 2 is 1.83 bits per heavy atom. The van der Waals surface area contributed by atoms with Gasteiger partial charge in [-0.05, 0) is 12.1 Å². The maximum atomic E-state index is 12.5. The number of benzene rings is 2. The van der Waals surface area contributed by atoms with Gasteiger partial charge in [0.05, 0.1) is 15.8 Å². The standard InChI is InChI=1S/C16H12N2O5/c19-12-5-6-13(20)16-15(12)10(8-17-16)14(21)7-9-3-1-2-4-11(9)18(22)23/h1-6,8,17,19-20H,7H2. The van der Waals surface area contributed by atoms with E-state index in [0.29, 0.717) is 0 Å². The summed E-state index contributed by atoms with van der Waals surface area (Å²) >= 11 is 0. The molecular formula is C16H12N2O5. The number of fused-ring (bicyclic) bond motifs is 1. The first kappa shape index (κ1) is 14.6. The molecule has 0 atom stereocenters. The van der Waals surface area contributed by atoms with E-state index >= 15 is 0 Å². The number of hydrogen-bond acceptors (Lipinski definition) is 5. The van der Waals surface area contributed by atoms with E-state index in [2.05, 4.69) is 4.98 Å². The zero-order valence-electron chi connectivity index (χ0n) is 11.8. The molecule has 0 aliphatic carbocycles. The smallest absolute Gasteiger partial charge is 0.273 e. The van der Waals surface area contributed by atoms with Crippen molar-refractivity contribution in [2.45, 2.75) is 6.42 Å². The summed E-state index contributed by atoms with van der Waals surface area (Å²) in [5.41, 5.74) is 0.576. The minimum Gasteiger partial charge on any atom is -0.507 e. The molecule has 3 aromatic rings. The van der Waals surface area contributed by atoms with Crippen LogP contribution in [0, 0.1) is 10.1 Å². The first-order chi connectivity index (χ1) is 11.0. The van der Waals surface area contributed by atoms with Crippen LogP contribution in [0.3, 0.4) is 0 Å². The number of ketones is 1. The lowest BCUT2D eigenvalue weighted by atomic mass is 10.0. The molecule has 0 amide bonds. The molecule has 7 heteroatoms. The van der Waals surface area contributed by atoms with Crippen LogP contribution in [0.5, 0.6) is 11.5 Å². The molecule has 1 heterocycles. The molecule has 0 aliphatic rings. The predicted molar refractivity (Wildman–Crippen MR) is 82.8 cm³/mol. The van der Waals surface area contributed by atoms with Gasteiger partial charge in [-0.25, -0.2) is 0 Å². The lowest BCUT2D eigenvalue weighted by Gasteiger charge is -2.03. The summed E-state index contributed by atoms with van der Waals surface area (Å²) in [6.45, 7) is 0. The number of aromatic hydroxyl groups is 2. The Balaban J connectivity index is 2.03. The van der Waals surface area contributed by atoms with Gasteiger partial charge in [0.2, 0.25) is 0 Å². The minimum atomic E-state index is -0.541. The van der Waals surface area contributed by atoms with Gasteiger partial charge in [-0.1, -0.05) is 18.2 Å². The molecule has 0 radical (unpaired) electrons. The van der Waals surface area contributed by atoms with Crippen molar-refractivity contribution in [3.63, 3.8) is 0 Å². The maximum absolute atomic E-state index is 12.5. The highest BCUT2D eigenvalue weighted by Crippen LogP contribution is 2.34. The zero-order valence-corrected chi connectivity index (χ0v) is 11.8. The third-order valence-electron chi connectivity index (χ3n) is 3.63. The van der Waals surface area contributed by atoms with Gasteiger partial charge in [-0.2, -0.15) is 0 Å². The highest BCUT2D eigenvalue weighted by molar-refractivity contribution is 6.11. The van der Waals surface area contributed by atoms with E-state index in [0.717, 1.165) is 0 Å². The van der Waals surface area contributed by atoms with E-state index in [9.17, 15) is 25.1 Å². The Labute approximate surface area is 130 Å². The van der Waals surface area contributed by atoms with E-state index in [1.165, 1.54) is 36.5 Å². The molecular weight excluding hydrogens is 300 g/mol. The molecule has 2 aromatic carbocycles. The van der Waals surface area contributed by atoms with Crippen LogP contribution in [-0.2, 0) is 6.42 Å². The number of H-pyrrole nitrogens is 1. The van der Waals surface area contributed by atoms with Crippen LogP contribution < -0.4 is 0 Å². The summed E-state index contributed by atoms with van der Waals surface area (Å²) in [5.74, 6) is -0.640. The number of aromatic nitrogens is 1.